The van der Waals surface area contributed by atoms with E-state index in [9.17, 15) is 4.39 Å². The Hall–Kier alpha value is -2.76. The minimum absolute atomic E-state index is 0.256. The van der Waals surface area contributed by atoms with E-state index < -0.39 is 0 Å². The number of hydrogen-bond acceptors (Lipinski definition) is 3. The zero-order valence-corrected chi connectivity index (χ0v) is 17.7. The fourth-order valence-corrected chi connectivity index (χ4v) is 4.03. The maximum absolute atomic E-state index is 13.4. The largest absolute Gasteiger partial charge is 0.488 e. The summed E-state index contributed by atoms with van der Waals surface area (Å²) in [4.78, 5) is 5.52. The van der Waals surface area contributed by atoms with Gasteiger partial charge in [-0.1, -0.05) is 66.8 Å². The lowest BCUT2D eigenvalue weighted by atomic mass is 10.1. The minimum atomic E-state index is -0.256. The first-order valence-electron chi connectivity index (χ1n) is 10.2. The zero-order valence-electron chi connectivity index (χ0n) is 16.8. The van der Waals surface area contributed by atoms with Gasteiger partial charge in [0.15, 0.2) is 0 Å². The number of thiocarbonyl (C=S) groups is 1. The Morgan fingerprint density at radius 1 is 0.833 bits per heavy atom. The van der Waals surface area contributed by atoms with Crippen LogP contribution < -0.4 is 4.74 Å². The van der Waals surface area contributed by atoms with E-state index in [1.54, 1.807) is 6.07 Å². The minimum Gasteiger partial charge on any atom is -0.488 e. The van der Waals surface area contributed by atoms with E-state index in [1.165, 1.54) is 17.7 Å². The molecule has 5 heteroatoms. The van der Waals surface area contributed by atoms with Crippen molar-refractivity contribution in [2.75, 3.05) is 26.2 Å². The third kappa shape index (κ3) is 5.23. The fraction of sp³-hybridized carbons (Fsp3) is 0.240. The molecule has 1 fully saturated rings. The van der Waals surface area contributed by atoms with Crippen molar-refractivity contribution in [3.05, 3.63) is 101 Å². The molecule has 0 saturated carbocycles. The molecule has 154 valence electrons. The maximum Gasteiger partial charge on any atom is 0.130 e. The van der Waals surface area contributed by atoms with Crippen LogP contribution in [0.1, 0.15) is 16.7 Å². The number of piperazine rings is 1. The summed E-state index contributed by atoms with van der Waals surface area (Å²) < 4.78 is 19.4. The Morgan fingerprint density at radius 3 is 2.30 bits per heavy atom. The van der Waals surface area contributed by atoms with Crippen LogP contribution in [0.4, 0.5) is 4.39 Å². The molecule has 0 atom stereocenters. The Bertz CT molecular complexity index is 987. The molecule has 1 heterocycles. The quantitative estimate of drug-likeness (QED) is 0.527. The van der Waals surface area contributed by atoms with Gasteiger partial charge < -0.3 is 9.64 Å². The van der Waals surface area contributed by atoms with E-state index in [4.69, 9.17) is 17.0 Å². The van der Waals surface area contributed by atoms with Crippen LogP contribution in [-0.2, 0) is 13.2 Å². The van der Waals surface area contributed by atoms with Crippen LogP contribution in [0.3, 0.4) is 0 Å². The number of ether oxygens (including phenoxy) is 1. The van der Waals surface area contributed by atoms with Gasteiger partial charge in [0, 0.05) is 32.7 Å². The van der Waals surface area contributed by atoms with Crippen molar-refractivity contribution in [3.8, 4) is 5.75 Å². The highest BCUT2D eigenvalue weighted by atomic mass is 32.1. The number of rotatable bonds is 6. The molecule has 3 nitrogen and oxygen atoms in total. The van der Waals surface area contributed by atoms with Crippen LogP contribution in [0, 0.1) is 5.82 Å². The van der Waals surface area contributed by atoms with Crippen molar-refractivity contribution in [2.24, 2.45) is 0 Å². The summed E-state index contributed by atoms with van der Waals surface area (Å²) in [6.45, 7) is 5.01. The van der Waals surface area contributed by atoms with E-state index in [0.29, 0.717) is 6.61 Å². The average Bonchev–Trinajstić information content (AvgIpc) is 2.79. The van der Waals surface area contributed by atoms with Crippen LogP contribution in [0.5, 0.6) is 5.75 Å². The molecule has 0 radical (unpaired) electrons. The van der Waals surface area contributed by atoms with Crippen LogP contribution in [0.25, 0.3) is 0 Å². The van der Waals surface area contributed by atoms with Crippen LogP contribution in [-0.4, -0.2) is 41.0 Å². The lowest BCUT2D eigenvalue weighted by Gasteiger charge is -2.36. The first kappa shape index (κ1) is 20.5. The second kappa shape index (κ2) is 9.83. The molecular weight excluding hydrogens is 395 g/mol. The van der Waals surface area contributed by atoms with Crippen molar-refractivity contribution in [2.45, 2.75) is 13.2 Å². The van der Waals surface area contributed by atoms with Crippen molar-refractivity contribution >= 4 is 17.2 Å². The number of halogens is 1. The molecule has 0 spiro atoms. The SMILES string of the molecule is Fc1cccc(COc2ccccc2C(=S)N2CCN(Cc3ccccc3)CC2)c1. The van der Waals surface area contributed by atoms with Crippen LogP contribution >= 0.6 is 12.2 Å². The van der Waals surface area contributed by atoms with Gasteiger partial charge in [0.25, 0.3) is 0 Å². The Labute approximate surface area is 182 Å². The maximum atomic E-state index is 13.4. The van der Waals surface area contributed by atoms with Gasteiger partial charge in [-0.3, -0.25) is 4.90 Å². The highest BCUT2D eigenvalue weighted by Crippen LogP contribution is 2.23. The first-order chi connectivity index (χ1) is 14.7. The van der Waals surface area contributed by atoms with E-state index in [2.05, 4.69) is 34.1 Å². The summed E-state index contributed by atoms with van der Waals surface area (Å²) in [6, 6.07) is 24.9. The van der Waals surface area contributed by atoms with Crippen LogP contribution in [0.15, 0.2) is 78.9 Å². The predicted molar refractivity (Wildman–Crippen MR) is 122 cm³/mol. The van der Waals surface area contributed by atoms with Gasteiger partial charge in [-0.25, -0.2) is 4.39 Å². The van der Waals surface area contributed by atoms with Crippen molar-refractivity contribution in [1.29, 1.82) is 0 Å². The smallest absolute Gasteiger partial charge is 0.130 e. The third-order valence-corrected chi connectivity index (χ3v) is 5.79. The summed E-state index contributed by atoms with van der Waals surface area (Å²) in [5.41, 5.74) is 3.05. The number of para-hydroxylation sites is 1. The molecule has 3 aromatic carbocycles. The zero-order chi connectivity index (χ0) is 20.8. The van der Waals surface area contributed by atoms with Crippen molar-refractivity contribution < 1.29 is 9.13 Å². The molecule has 0 aromatic heterocycles. The van der Waals surface area contributed by atoms with Gasteiger partial charge in [0.05, 0.1) is 5.56 Å². The lowest BCUT2D eigenvalue weighted by molar-refractivity contribution is 0.177. The first-order valence-corrected chi connectivity index (χ1v) is 10.6. The van der Waals surface area contributed by atoms with E-state index in [1.807, 2.05) is 36.4 Å². The molecule has 0 aliphatic carbocycles. The van der Waals surface area contributed by atoms with E-state index in [-0.39, 0.29) is 5.82 Å². The molecule has 3 aromatic rings. The van der Waals surface area contributed by atoms with Crippen LogP contribution in [0.2, 0.25) is 0 Å². The van der Waals surface area contributed by atoms with Gasteiger partial charge in [0.2, 0.25) is 0 Å². The topological polar surface area (TPSA) is 15.7 Å². The third-order valence-electron chi connectivity index (χ3n) is 5.31. The molecular formula is C25H25FN2OS. The molecule has 0 N–H and O–H groups in total. The average molecular weight is 421 g/mol. The molecule has 0 bridgehead atoms. The molecule has 4 rings (SSSR count). The number of benzene rings is 3. The normalized spacial score (nSPS) is 14.5. The van der Waals surface area contributed by atoms with Gasteiger partial charge in [-0.05, 0) is 35.4 Å². The summed E-state index contributed by atoms with van der Waals surface area (Å²) >= 11 is 5.82. The molecule has 1 aliphatic rings. The van der Waals surface area contributed by atoms with Gasteiger partial charge >= 0.3 is 0 Å². The number of nitrogens with zero attached hydrogens (tertiary/aromatic N) is 2. The predicted octanol–water partition coefficient (Wildman–Crippen LogP) is 4.90. The monoisotopic (exact) mass is 420 g/mol. The molecule has 1 aliphatic heterocycles. The highest BCUT2D eigenvalue weighted by molar-refractivity contribution is 7.80. The Balaban J connectivity index is 1.37. The Morgan fingerprint density at radius 2 is 1.53 bits per heavy atom. The molecule has 30 heavy (non-hydrogen) atoms. The van der Waals surface area contributed by atoms with Gasteiger partial charge in [0.1, 0.15) is 23.2 Å². The lowest BCUT2D eigenvalue weighted by Crippen LogP contribution is -2.48. The highest BCUT2D eigenvalue weighted by Gasteiger charge is 2.21. The van der Waals surface area contributed by atoms with Gasteiger partial charge in [-0.15, -0.1) is 0 Å². The second-order valence-electron chi connectivity index (χ2n) is 7.47. The van der Waals surface area contributed by atoms with E-state index in [0.717, 1.165) is 54.6 Å². The fourth-order valence-electron chi connectivity index (χ4n) is 3.68. The van der Waals surface area contributed by atoms with Gasteiger partial charge in [-0.2, -0.15) is 0 Å². The summed E-state index contributed by atoms with van der Waals surface area (Å²) in [6.07, 6.45) is 0. The number of hydrogen-bond donors (Lipinski definition) is 0. The summed E-state index contributed by atoms with van der Waals surface area (Å²) in [5.74, 6) is 0.478. The Kier molecular flexibility index (Phi) is 6.72. The van der Waals surface area contributed by atoms with Crippen molar-refractivity contribution in [3.63, 3.8) is 0 Å². The molecule has 1 saturated heterocycles. The summed E-state index contributed by atoms with van der Waals surface area (Å²) in [7, 11) is 0. The van der Waals surface area contributed by atoms with Crippen molar-refractivity contribution in [1.82, 2.24) is 9.80 Å². The molecule has 0 unspecified atom stereocenters. The summed E-state index contributed by atoms with van der Waals surface area (Å²) in [5, 5.41) is 0. The standard InChI is InChI=1S/C25H25FN2OS/c26-22-10-6-9-21(17-22)19-29-24-12-5-4-11-23(24)25(30)28-15-13-27(14-16-28)18-20-7-2-1-3-8-20/h1-12,17H,13-16,18-19H2. The second-order valence-corrected chi connectivity index (χ2v) is 7.86. The van der Waals surface area contributed by atoms with E-state index >= 15 is 0 Å². The molecule has 0 amide bonds.